The molecule has 5 nitrogen and oxygen atoms in total. The van der Waals surface area contributed by atoms with Crippen molar-refractivity contribution in [2.75, 3.05) is 31.2 Å². The fraction of sp³-hybridized carbons (Fsp3) is 0.467. The summed E-state index contributed by atoms with van der Waals surface area (Å²) < 4.78 is 5.27. The van der Waals surface area contributed by atoms with Gasteiger partial charge in [0.05, 0.1) is 13.2 Å². The van der Waals surface area contributed by atoms with Crippen LogP contribution >= 0.6 is 0 Å². The van der Waals surface area contributed by atoms with E-state index >= 15 is 0 Å². The van der Waals surface area contributed by atoms with E-state index in [1.807, 2.05) is 35.2 Å². The summed E-state index contributed by atoms with van der Waals surface area (Å²) in [6, 6.07) is 9.08. The van der Waals surface area contributed by atoms with E-state index in [1.54, 1.807) is 4.90 Å². The topological polar surface area (TPSA) is 49.9 Å². The number of rotatable bonds is 2. The van der Waals surface area contributed by atoms with Crippen molar-refractivity contribution in [3.05, 3.63) is 30.3 Å². The van der Waals surface area contributed by atoms with Crippen molar-refractivity contribution in [3.63, 3.8) is 0 Å². The molecule has 1 aromatic carbocycles. The van der Waals surface area contributed by atoms with E-state index in [0.29, 0.717) is 39.1 Å². The fourth-order valence-electron chi connectivity index (χ4n) is 2.82. The highest BCUT2D eigenvalue weighted by atomic mass is 16.5. The zero-order chi connectivity index (χ0) is 13.9. The molecule has 0 spiro atoms. The normalized spacial score (nSPS) is 23.2. The number of carbonyl (C=O) groups is 2. The molecule has 0 aliphatic carbocycles. The molecule has 2 saturated heterocycles. The molecule has 2 aliphatic rings. The summed E-state index contributed by atoms with van der Waals surface area (Å²) in [4.78, 5) is 28.2. The zero-order valence-corrected chi connectivity index (χ0v) is 11.3. The number of ether oxygens (including phenoxy) is 1. The zero-order valence-electron chi connectivity index (χ0n) is 11.3. The molecule has 1 atom stereocenters. The van der Waals surface area contributed by atoms with Crippen molar-refractivity contribution >= 4 is 17.5 Å². The molecule has 0 N–H and O–H groups in total. The summed E-state index contributed by atoms with van der Waals surface area (Å²) in [5, 5.41) is 0. The van der Waals surface area contributed by atoms with Gasteiger partial charge in [-0.3, -0.25) is 14.5 Å². The molecule has 1 aromatic rings. The van der Waals surface area contributed by atoms with Gasteiger partial charge in [-0.05, 0) is 18.6 Å². The maximum absolute atomic E-state index is 12.6. The van der Waals surface area contributed by atoms with Crippen LogP contribution in [-0.2, 0) is 14.3 Å². The minimum atomic E-state index is -0.358. The molecule has 0 saturated carbocycles. The number of para-hydroxylation sites is 1. The number of anilines is 1. The molecule has 0 radical (unpaired) electrons. The van der Waals surface area contributed by atoms with Crippen LogP contribution in [-0.4, -0.2) is 49.1 Å². The van der Waals surface area contributed by atoms with Crippen molar-refractivity contribution in [2.24, 2.45) is 0 Å². The Morgan fingerprint density at radius 1 is 1.15 bits per heavy atom. The molecular formula is C15H18N2O3. The fourth-order valence-corrected chi connectivity index (χ4v) is 2.82. The third kappa shape index (κ3) is 2.41. The van der Waals surface area contributed by atoms with Gasteiger partial charge in [0.25, 0.3) is 0 Å². The van der Waals surface area contributed by atoms with Crippen LogP contribution in [0.25, 0.3) is 0 Å². The maximum atomic E-state index is 12.6. The highest BCUT2D eigenvalue weighted by Crippen LogP contribution is 2.27. The lowest BCUT2D eigenvalue weighted by molar-refractivity contribution is -0.137. The van der Waals surface area contributed by atoms with Crippen LogP contribution in [0.15, 0.2) is 30.3 Å². The minimum absolute atomic E-state index is 0.0304. The Kier molecular flexibility index (Phi) is 3.69. The van der Waals surface area contributed by atoms with E-state index in [4.69, 9.17) is 4.74 Å². The van der Waals surface area contributed by atoms with Gasteiger partial charge in [0, 0.05) is 25.2 Å². The summed E-state index contributed by atoms with van der Waals surface area (Å²) in [6.45, 7) is 2.40. The number of hydrogen-bond acceptors (Lipinski definition) is 3. The first kappa shape index (κ1) is 13.1. The van der Waals surface area contributed by atoms with Gasteiger partial charge in [-0.15, -0.1) is 0 Å². The molecule has 106 valence electrons. The quantitative estimate of drug-likeness (QED) is 0.809. The lowest BCUT2D eigenvalue weighted by Crippen LogP contribution is -2.50. The second kappa shape index (κ2) is 5.63. The van der Waals surface area contributed by atoms with E-state index in [0.717, 1.165) is 5.69 Å². The van der Waals surface area contributed by atoms with Crippen LogP contribution < -0.4 is 4.90 Å². The molecule has 2 fully saturated rings. The molecule has 3 rings (SSSR count). The van der Waals surface area contributed by atoms with Crippen LogP contribution in [0.2, 0.25) is 0 Å². The van der Waals surface area contributed by atoms with Gasteiger partial charge in [-0.1, -0.05) is 18.2 Å². The second-order valence-electron chi connectivity index (χ2n) is 5.09. The number of amides is 2. The standard InChI is InChI=1S/C15H18N2O3/c18-14-7-6-13(15(19)16-8-10-20-11-9-16)17(14)12-4-2-1-3-5-12/h1-5,13H,6-11H2. The molecule has 0 aromatic heterocycles. The Labute approximate surface area is 118 Å². The average molecular weight is 274 g/mol. The number of morpholine rings is 1. The number of nitrogens with zero attached hydrogens (tertiary/aromatic N) is 2. The molecular weight excluding hydrogens is 256 g/mol. The van der Waals surface area contributed by atoms with Gasteiger partial charge in [0.1, 0.15) is 6.04 Å². The van der Waals surface area contributed by atoms with E-state index < -0.39 is 0 Å². The molecule has 1 unspecified atom stereocenters. The largest absolute Gasteiger partial charge is 0.378 e. The van der Waals surface area contributed by atoms with Crippen LogP contribution in [0.4, 0.5) is 5.69 Å². The van der Waals surface area contributed by atoms with E-state index in [-0.39, 0.29) is 17.9 Å². The predicted octanol–water partition coefficient (Wildman–Crippen LogP) is 1.04. The van der Waals surface area contributed by atoms with Crippen molar-refractivity contribution in [1.29, 1.82) is 0 Å². The maximum Gasteiger partial charge on any atom is 0.245 e. The smallest absolute Gasteiger partial charge is 0.245 e. The monoisotopic (exact) mass is 274 g/mol. The van der Waals surface area contributed by atoms with Gasteiger partial charge in [0.2, 0.25) is 11.8 Å². The number of carbonyl (C=O) groups excluding carboxylic acids is 2. The predicted molar refractivity (Wildman–Crippen MR) is 74.3 cm³/mol. The Bertz CT molecular complexity index is 497. The number of benzene rings is 1. The van der Waals surface area contributed by atoms with Gasteiger partial charge in [-0.2, -0.15) is 0 Å². The molecule has 0 bridgehead atoms. The van der Waals surface area contributed by atoms with Gasteiger partial charge in [-0.25, -0.2) is 0 Å². The van der Waals surface area contributed by atoms with Gasteiger partial charge in [0.15, 0.2) is 0 Å². The Balaban J connectivity index is 1.81. The van der Waals surface area contributed by atoms with Crippen LogP contribution in [0, 0.1) is 0 Å². The van der Waals surface area contributed by atoms with Crippen LogP contribution in [0.3, 0.4) is 0 Å². The molecule has 2 heterocycles. The first-order valence-electron chi connectivity index (χ1n) is 7.01. The first-order chi connectivity index (χ1) is 9.77. The Hall–Kier alpha value is -1.88. The molecule has 5 heteroatoms. The van der Waals surface area contributed by atoms with Gasteiger partial charge < -0.3 is 9.64 Å². The second-order valence-corrected chi connectivity index (χ2v) is 5.09. The lowest BCUT2D eigenvalue weighted by Gasteiger charge is -2.32. The SMILES string of the molecule is O=C(C1CCC(=O)N1c1ccccc1)N1CCOCC1. The summed E-state index contributed by atoms with van der Waals surface area (Å²) in [7, 11) is 0. The summed E-state index contributed by atoms with van der Waals surface area (Å²) in [6.07, 6.45) is 1.04. The van der Waals surface area contributed by atoms with Crippen molar-refractivity contribution in [2.45, 2.75) is 18.9 Å². The minimum Gasteiger partial charge on any atom is -0.378 e. The van der Waals surface area contributed by atoms with E-state index in [9.17, 15) is 9.59 Å². The third-order valence-corrected chi connectivity index (χ3v) is 3.85. The van der Waals surface area contributed by atoms with Crippen molar-refractivity contribution in [3.8, 4) is 0 Å². The first-order valence-corrected chi connectivity index (χ1v) is 7.01. The van der Waals surface area contributed by atoms with Crippen LogP contribution in [0.1, 0.15) is 12.8 Å². The van der Waals surface area contributed by atoms with E-state index in [1.165, 1.54) is 0 Å². The summed E-state index contributed by atoms with van der Waals surface area (Å²) in [5.74, 6) is 0.0748. The highest BCUT2D eigenvalue weighted by molar-refractivity contribution is 6.03. The van der Waals surface area contributed by atoms with Crippen molar-refractivity contribution in [1.82, 2.24) is 4.90 Å². The third-order valence-electron chi connectivity index (χ3n) is 3.85. The average Bonchev–Trinajstić information content (AvgIpc) is 2.90. The summed E-state index contributed by atoms with van der Waals surface area (Å²) >= 11 is 0. The molecule has 2 amide bonds. The Morgan fingerprint density at radius 3 is 2.55 bits per heavy atom. The van der Waals surface area contributed by atoms with Crippen LogP contribution in [0.5, 0.6) is 0 Å². The highest BCUT2D eigenvalue weighted by Gasteiger charge is 2.39. The van der Waals surface area contributed by atoms with Crippen molar-refractivity contribution < 1.29 is 14.3 Å². The lowest BCUT2D eigenvalue weighted by atomic mass is 10.1. The number of hydrogen-bond donors (Lipinski definition) is 0. The molecule has 20 heavy (non-hydrogen) atoms. The molecule has 2 aliphatic heterocycles. The Morgan fingerprint density at radius 2 is 1.85 bits per heavy atom. The summed E-state index contributed by atoms with van der Waals surface area (Å²) in [5.41, 5.74) is 0.807. The van der Waals surface area contributed by atoms with E-state index in [2.05, 4.69) is 0 Å². The van der Waals surface area contributed by atoms with Gasteiger partial charge >= 0.3 is 0 Å².